The summed E-state index contributed by atoms with van der Waals surface area (Å²) in [5.74, 6) is 0.0382. The predicted molar refractivity (Wildman–Crippen MR) is 122 cm³/mol. The molecule has 0 spiro atoms. The van der Waals surface area contributed by atoms with Gasteiger partial charge in [0.1, 0.15) is 4.90 Å². The molecule has 4 aromatic rings. The normalized spacial score (nSPS) is 12.3. The minimum Gasteiger partial charge on any atom is -0.358 e. The zero-order chi connectivity index (χ0) is 22.4. The van der Waals surface area contributed by atoms with Crippen LogP contribution in [0.1, 0.15) is 26.5 Å². The number of rotatable bonds is 4. The molecule has 0 saturated carbocycles. The Morgan fingerprint density at radius 1 is 0.968 bits per heavy atom. The van der Waals surface area contributed by atoms with Crippen LogP contribution in [0.5, 0.6) is 5.88 Å². The smallest absolute Gasteiger partial charge is 0.342 e. The number of pyridine rings is 1. The molecule has 0 atom stereocenters. The van der Waals surface area contributed by atoms with Gasteiger partial charge in [0.05, 0.1) is 26.9 Å². The summed E-state index contributed by atoms with van der Waals surface area (Å²) in [7, 11) is -4.20. The largest absolute Gasteiger partial charge is 0.358 e. The van der Waals surface area contributed by atoms with E-state index in [0.717, 1.165) is 0 Å². The maximum absolute atomic E-state index is 13.2. The summed E-state index contributed by atoms with van der Waals surface area (Å²) in [5.41, 5.74) is 1.16. The average Bonchev–Trinajstić information content (AvgIpc) is 3.13. The number of halogens is 2. The van der Waals surface area contributed by atoms with E-state index >= 15 is 0 Å². The Balaban J connectivity index is 1.85. The lowest BCUT2D eigenvalue weighted by atomic mass is 9.93. The van der Waals surface area contributed by atoms with Crippen molar-refractivity contribution in [2.45, 2.75) is 31.1 Å². The van der Waals surface area contributed by atoms with E-state index in [0.29, 0.717) is 32.3 Å². The first kappa shape index (κ1) is 21.6. The molecule has 0 amide bonds. The van der Waals surface area contributed by atoms with Crippen LogP contribution in [0, 0.1) is 0 Å². The fraction of sp³-hybridized carbons (Fsp3) is 0.182. The number of para-hydroxylation sites is 1. The van der Waals surface area contributed by atoms with Gasteiger partial charge >= 0.3 is 10.1 Å². The SMILES string of the molecule is CC(C)(C)c1cc(OS(=O)(=O)c2cccc3cccnc23)n(-c2ccc(Cl)c(Cl)c2)n1. The fourth-order valence-corrected chi connectivity index (χ4v) is 4.41. The van der Waals surface area contributed by atoms with E-state index in [9.17, 15) is 8.42 Å². The van der Waals surface area contributed by atoms with Crippen LogP contribution in [0.15, 0.2) is 65.7 Å². The minimum atomic E-state index is -4.20. The van der Waals surface area contributed by atoms with Crippen molar-refractivity contribution in [1.82, 2.24) is 14.8 Å². The van der Waals surface area contributed by atoms with Gasteiger partial charge in [-0.1, -0.05) is 62.2 Å². The molecule has 31 heavy (non-hydrogen) atoms. The first-order valence-electron chi connectivity index (χ1n) is 9.40. The Bertz CT molecular complexity index is 1390. The number of aromatic nitrogens is 3. The maximum atomic E-state index is 13.2. The summed E-state index contributed by atoms with van der Waals surface area (Å²) in [6.45, 7) is 5.92. The topological polar surface area (TPSA) is 74.1 Å². The lowest BCUT2D eigenvalue weighted by Crippen LogP contribution is -2.14. The Labute approximate surface area is 190 Å². The third-order valence-corrected chi connectivity index (χ3v) is 6.65. The minimum absolute atomic E-state index is 0.0233. The molecule has 9 heteroatoms. The van der Waals surface area contributed by atoms with Crippen LogP contribution in [-0.4, -0.2) is 23.2 Å². The van der Waals surface area contributed by atoms with Crippen LogP contribution in [0.25, 0.3) is 16.6 Å². The molecule has 0 aliphatic carbocycles. The van der Waals surface area contributed by atoms with Gasteiger partial charge in [-0.05, 0) is 30.3 Å². The molecule has 0 unspecified atom stereocenters. The van der Waals surface area contributed by atoms with Gasteiger partial charge in [-0.25, -0.2) is 0 Å². The van der Waals surface area contributed by atoms with E-state index in [2.05, 4.69) is 10.1 Å². The number of benzene rings is 2. The van der Waals surface area contributed by atoms with Crippen LogP contribution in [-0.2, 0) is 15.5 Å². The molecule has 2 aromatic carbocycles. The van der Waals surface area contributed by atoms with Crippen LogP contribution in [0.3, 0.4) is 0 Å². The van der Waals surface area contributed by atoms with Crippen molar-refractivity contribution in [3.8, 4) is 11.6 Å². The van der Waals surface area contributed by atoms with Gasteiger partial charge in [0.25, 0.3) is 0 Å². The van der Waals surface area contributed by atoms with Crippen molar-refractivity contribution in [2.24, 2.45) is 0 Å². The molecule has 0 N–H and O–H groups in total. The predicted octanol–water partition coefficient (Wildman–Crippen LogP) is 5.79. The van der Waals surface area contributed by atoms with Crippen molar-refractivity contribution >= 4 is 44.2 Å². The number of fused-ring (bicyclic) bond motifs is 1. The first-order chi connectivity index (χ1) is 14.6. The average molecular weight is 476 g/mol. The Kier molecular flexibility index (Phi) is 5.45. The zero-order valence-corrected chi connectivity index (χ0v) is 19.3. The monoisotopic (exact) mass is 475 g/mol. The standard InChI is InChI=1S/C22H19Cl2N3O3S/c1-22(2,3)19-13-20(27(26-19)15-9-10-16(23)17(24)12-15)30-31(28,29)18-8-4-6-14-7-5-11-25-21(14)18/h4-13H,1-3H3. The molecule has 0 bridgehead atoms. The Hall–Kier alpha value is -2.61. The van der Waals surface area contributed by atoms with E-state index in [4.69, 9.17) is 27.4 Å². The van der Waals surface area contributed by atoms with Crippen molar-refractivity contribution in [3.63, 3.8) is 0 Å². The van der Waals surface area contributed by atoms with Crippen LogP contribution in [0.2, 0.25) is 10.0 Å². The molecule has 4 rings (SSSR count). The molecule has 0 fully saturated rings. The van der Waals surface area contributed by atoms with Gasteiger partial charge < -0.3 is 4.18 Å². The summed E-state index contributed by atoms with van der Waals surface area (Å²) in [6, 6.07) is 15.0. The molecule has 2 aromatic heterocycles. The lowest BCUT2D eigenvalue weighted by molar-refractivity contribution is 0.465. The molecule has 0 radical (unpaired) electrons. The molecule has 0 aliphatic heterocycles. The quantitative estimate of drug-likeness (QED) is 0.349. The molecule has 160 valence electrons. The maximum Gasteiger partial charge on any atom is 0.342 e. The molecule has 6 nitrogen and oxygen atoms in total. The highest BCUT2D eigenvalue weighted by Gasteiger charge is 2.27. The van der Waals surface area contributed by atoms with Crippen molar-refractivity contribution in [3.05, 3.63) is 76.5 Å². The lowest BCUT2D eigenvalue weighted by Gasteiger charge is -2.14. The second-order valence-corrected chi connectivity index (χ2v) is 10.3. The third kappa shape index (κ3) is 4.26. The van der Waals surface area contributed by atoms with Gasteiger partial charge in [0.15, 0.2) is 0 Å². The van der Waals surface area contributed by atoms with Gasteiger partial charge in [-0.2, -0.15) is 18.2 Å². The molecular weight excluding hydrogens is 457 g/mol. The van der Waals surface area contributed by atoms with Gasteiger partial charge in [-0.3, -0.25) is 4.98 Å². The van der Waals surface area contributed by atoms with E-state index < -0.39 is 10.1 Å². The van der Waals surface area contributed by atoms with E-state index in [-0.39, 0.29) is 16.2 Å². The van der Waals surface area contributed by atoms with Gasteiger partial charge in [0, 0.05) is 23.1 Å². The highest BCUT2D eigenvalue weighted by atomic mass is 35.5. The van der Waals surface area contributed by atoms with Gasteiger partial charge in [-0.15, -0.1) is 0 Å². The van der Waals surface area contributed by atoms with Gasteiger partial charge in [0.2, 0.25) is 5.88 Å². The van der Waals surface area contributed by atoms with E-state index in [1.54, 1.807) is 54.7 Å². The number of nitrogens with zero attached hydrogens (tertiary/aromatic N) is 3. The van der Waals surface area contributed by atoms with Crippen molar-refractivity contribution < 1.29 is 12.6 Å². The Morgan fingerprint density at radius 2 is 1.71 bits per heavy atom. The summed E-state index contributed by atoms with van der Waals surface area (Å²) in [4.78, 5) is 4.20. The third-order valence-electron chi connectivity index (χ3n) is 4.65. The van der Waals surface area contributed by atoms with Crippen LogP contribution >= 0.6 is 23.2 Å². The zero-order valence-electron chi connectivity index (χ0n) is 17.0. The Morgan fingerprint density at radius 3 is 2.42 bits per heavy atom. The summed E-state index contributed by atoms with van der Waals surface area (Å²) in [5, 5.41) is 5.97. The van der Waals surface area contributed by atoms with E-state index in [1.165, 1.54) is 10.7 Å². The van der Waals surface area contributed by atoms with E-state index in [1.807, 2.05) is 20.8 Å². The summed E-state index contributed by atoms with van der Waals surface area (Å²) < 4.78 is 33.4. The van der Waals surface area contributed by atoms with Crippen LogP contribution < -0.4 is 4.18 Å². The molecule has 2 heterocycles. The van der Waals surface area contributed by atoms with Crippen LogP contribution in [0.4, 0.5) is 0 Å². The summed E-state index contributed by atoms with van der Waals surface area (Å²) in [6.07, 6.45) is 1.54. The highest BCUT2D eigenvalue weighted by molar-refractivity contribution is 7.87. The number of hydrogen-bond donors (Lipinski definition) is 0. The molecular formula is C22H19Cl2N3O3S. The fourth-order valence-electron chi connectivity index (χ4n) is 3.03. The first-order valence-corrected chi connectivity index (χ1v) is 11.6. The highest BCUT2D eigenvalue weighted by Crippen LogP contribution is 2.32. The molecule has 0 aliphatic rings. The second kappa shape index (κ2) is 7.82. The summed E-state index contributed by atoms with van der Waals surface area (Å²) >= 11 is 12.2. The number of hydrogen-bond acceptors (Lipinski definition) is 5. The second-order valence-electron chi connectivity index (χ2n) is 8.00. The molecule has 0 saturated heterocycles. The van der Waals surface area contributed by atoms with Crippen molar-refractivity contribution in [1.29, 1.82) is 0 Å². The van der Waals surface area contributed by atoms with Crippen molar-refractivity contribution in [2.75, 3.05) is 0 Å².